The summed E-state index contributed by atoms with van der Waals surface area (Å²) in [5, 5.41) is 9.42. The summed E-state index contributed by atoms with van der Waals surface area (Å²) in [6, 6.07) is 0. The average Bonchev–Trinajstić information content (AvgIpc) is 2.02. The van der Waals surface area contributed by atoms with E-state index in [0.717, 1.165) is 0 Å². The summed E-state index contributed by atoms with van der Waals surface area (Å²) in [4.78, 5) is 10.9. The third kappa shape index (κ3) is 4.61. The number of ketones is 1. The van der Waals surface area contributed by atoms with Gasteiger partial charge in [0.15, 0.2) is 0 Å². The summed E-state index contributed by atoms with van der Waals surface area (Å²) in [7, 11) is 0. The second kappa shape index (κ2) is 6.14. The second-order valence-electron chi connectivity index (χ2n) is 2.31. The van der Waals surface area contributed by atoms with Gasteiger partial charge in [0.2, 0.25) is 0 Å². The first-order valence-electron chi connectivity index (χ1n) is 3.49. The molecule has 0 aromatic heterocycles. The van der Waals surface area contributed by atoms with Gasteiger partial charge in [-0.1, -0.05) is 6.92 Å². The number of hydrogen-bond donors (Lipinski definition) is 2. The molecule has 3 N–H and O–H groups in total. The molecule has 0 spiro atoms. The Hall–Kier alpha value is 0.630. The highest BCUT2D eigenvalue weighted by Gasteiger charge is 2.13. The normalized spacial score (nSPS) is 15.3. The van der Waals surface area contributed by atoms with Crippen molar-refractivity contribution in [3.05, 3.63) is 7.28 Å². The molecule has 5 heteroatoms. The van der Waals surface area contributed by atoms with E-state index in [4.69, 9.17) is 5.73 Å². The highest BCUT2D eigenvalue weighted by atomic mass is 127. The summed E-state index contributed by atoms with van der Waals surface area (Å²) in [6.07, 6.45) is -0.101. The van der Waals surface area contributed by atoms with Crippen LogP contribution in [-0.4, -0.2) is 17.0 Å². The SMILES string of the molecule is CCC(=O)C[C@H](O)/C(I)=C(\N)I. The third-order valence-corrected chi connectivity index (χ3v) is 4.25. The smallest absolute Gasteiger partial charge is 0.135 e. The van der Waals surface area contributed by atoms with Crippen LogP contribution >= 0.6 is 45.2 Å². The Bertz CT molecular complexity index is 200. The van der Waals surface area contributed by atoms with Crippen LogP contribution in [0.1, 0.15) is 19.8 Å². The lowest BCUT2D eigenvalue weighted by Crippen LogP contribution is -2.14. The minimum absolute atomic E-state index is 0.0503. The van der Waals surface area contributed by atoms with E-state index in [0.29, 0.717) is 13.7 Å². The molecular weight excluding hydrogens is 384 g/mol. The predicted octanol–water partition coefficient (Wildman–Crippen LogP) is 1.71. The number of nitrogens with two attached hydrogens (primary N) is 1. The van der Waals surface area contributed by atoms with Gasteiger partial charge in [-0.15, -0.1) is 0 Å². The van der Waals surface area contributed by atoms with Crippen LogP contribution in [0.2, 0.25) is 0 Å². The van der Waals surface area contributed by atoms with Crippen molar-refractivity contribution in [2.75, 3.05) is 0 Å². The molecule has 0 saturated carbocycles. The molecule has 70 valence electrons. The van der Waals surface area contributed by atoms with Crippen LogP contribution < -0.4 is 5.73 Å². The van der Waals surface area contributed by atoms with E-state index in [-0.39, 0.29) is 12.2 Å². The van der Waals surface area contributed by atoms with Crippen LogP contribution in [-0.2, 0) is 4.79 Å². The lowest BCUT2D eigenvalue weighted by atomic mass is 10.1. The maximum atomic E-state index is 10.9. The highest BCUT2D eigenvalue weighted by Crippen LogP contribution is 2.20. The van der Waals surface area contributed by atoms with E-state index in [9.17, 15) is 9.90 Å². The van der Waals surface area contributed by atoms with Crippen LogP contribution in [0.15, 0.2) is 7.28 Å². The molecule has 0 heterocycles. The Balaban J connectivity index is 4.14. The molecule has 0 saturated heterocycles. The van der Waals surface area contributed by atoms with E-state index in [1.54, 1.807) is 6.92 Å². The summed E-state index contributed by atoms with van der Waals surface area (Å²) in [5.41, 5.74) is 5.44. The van der Waals surface area contributed by atoms with Crippen molar-refractivity contribution >= 4 is 51.0 Å². The van der Waals surface area contributed by atoms with Crippen molar-refractivity contribution in [2.45, 2.75) is 25.9 Å². The molecule has 12 heavy (non-hydrogen) atoms. The average molecular weight is 395 g/mol. The number of aliphatic hydroxyl groups is 1. The zero-order valence-corrected chi connectivity index (χ0v) is 11.0. The van der Waals surface area contributed by atoms with Crippen LogP contribution in [0.3, 0.4) is 0 Å². The minimum Gasteiger partial charge on any atom is -0.393 e. The fourth-order valence-electron chi connectivity index (χ4n) is 0.609. The first-order chi connectivity index (χ1) is 5.49. The predicted molar refractivity (Wildman–Crippen MR) is 65.2 cm³/mol. The zero-order valence-electron chi connectivity index (χ0n) is 6.68. The molecule has 1 atom stereocenters. The topological polar surface area (TPSA) is 63.3 Å². The number of hydrogen-bond acceptors (Lipinski definition) is 3. The van der Waals surface area contributed by atoms with Crippen LogP contribution in [0, 0.1) is 0 Å². The Morgan fingerprint density at radius 2 is 2.08 bits per heavy atom. The van der Waals surface area contributed by atoms with Gasteiger partial charge >= 0.3 is 0 Å². The largest absolute Gasteiger partial charge is 0.393 e. The highest BCUT2D eigenvalue weighted by molar-refractivity contribution is 14.1. The quantitative estimate of drug-likeness (QED) is 0.563. The number of aliphatic hydroxyl groups excluding tert-OH is 1. The van der Waals surface area contributed by atoms with Gasteiger partial charge in [-0.3, -0.25) is 4.79 Å². The first kappa shape index (κ1) is 12.6. The van der Waals surface area contributed by atoms with Crippen molar-refractivity contribution in [1.29, 1.82) is 0 Å². The maximum Gasteiger partial charge on any atom is 0.135 e. The molecule has 3 nitrogen and oxygen atoms in total. The number of carbonyl (C=O) groups is 1. The minimum atomic E-state index is -0.727. The molecule has 0 bridgehead atoms. The second-order valence-corrected chi connectivity index (χ2v) is 4.63. The number of rotatable bonds is 4. The van der Waals surface area contributed by atoms with Gasteiger partial charge in [0, 0.05) is 16.4 Å². The number of carbonyl (C=O) groups excluding carboxylic acids is 1. The van der Waals surface area contributed by atoms with Gasteiger partial charge in [0.25, 0.3) is 0 Å². The fourth-order valence-corrected chi connectivity index (χ4v) is 1.19. The van der Waals surface area contributed by atoms with E-state index in [1.807, 2.05) is 45.2 Å². The molecule has 0 fully saturated rings. The molecule has 0 aliphatic rings. The van der Waals surface area contributed by atoms with Crippen molar-refractivity contribution in [1.82, 2.24) is 0 Å². The van der Waals surface area contributed by atoms with E-state index in [2.05, 4.69) is 0 Å². The molecule has 0 aliphatic heterocycles. The van der Waals surface area contributed by atoms with Crippen LogP contribution in [0.4, 0.5) is 0 Å². The standard InChI is InChI=1S/C7H11I2NO2/c1-2-4(11)3-5(12)6(8)7(9)10/h5,12H,2-3,10H2,1H3/b7-6+/t5-/m0/s1. The zero-order chi connectivity index (χ0) is 9.72. The summed E-state index contributed by atoms with van der Waals surface area (Å²) in [5.74, 6) is 0.0503. The maximum absolute atomic E-state index is 10.9. The summed E-state index contributed by atoms with van der Waals surface area (Å²) >= 11 is 3.87. The third-order valence-electron chi connectivity index (χ3n) is 1.34. The molecule has 0 rings (SSSR count). The van der Waals surface area contributed by atoms with Gasteiger partial charge in [-0.2, -0.15) is 0 Å². The van der Waals surface area contributed by atoms with Gasteiger partial charge in [0.1, 0.15) is 5.78 Å². The summed E-state index contributed by atoms with van der Waals surface area (Å²) in [6.45, 7) is 1.78. The lowest BCUT2D eigenvalue weighted by molar-refractivity contribution is -0.120. The molecule has 0 aromatic carbocycles. The van der Waals surface area contributed by atoms with Gasteiger partial charge in [-0.05, 0) is 45.2 Å². The van der Waals surface area contributed by atoms with Crippen molar-refractivity contribution in [3.8, 4) is 0 Å². The fraction of sp³-hybridized carbons (Fsp3) is 0.571. The van der Waals surface area contributed by atoms with E-state index >= 15 is 0 Å². The first-order valence-corrected chi connectivity index (χ1v) is 5.65. The lowest BCUT2D eigenvalue weighted by Gasteiger charge is -2.08. The Kier molecular flexibility index (Phi) is 6.46. The van der Waals surface area contributed by atoms with Gasteiger partial charge in [0.05, 0.1) is 9.81 Å². The Morgan fingerprint density at radius 3 is 2.42 bits per heavy atom. The van der Waals surface area contributed by atoms with Crippen LogP contribution in [0.5, 0.6) is 0 Å². The molecular formula is C7H11I2NO2. The van der Waals surface area contributed by atoms with E-state index < -0.39 is 6.10 Å². The number of Topliss-reactive ketones (excluding diaryl/α,β-unsaturated/α-hetero) is 1. The molecule has 0 amide bonds. The molecule has 0 aromatic rings. The van der Waals surface area contributed by atoms with Crippen molar-refractivity contribution in [2.24, 2.45) is 5.73 Å². The molecule has 0 aliphatic carbocycles. The molecule has 0 unspecified atom stereocenters. The van der Waals surface area contributed by atoms with E-state index in [1.165, 1.54) is 0 Å². The van der Waals surface area contributed by atoms with Gasteiger partial charge < -0.3 is 10.8 Å². The Morgan fingerprint density at radius 1 is 1.58 bits per heavy atom. The monoisotopic (exact) mass is 395 g/mol. The summed E-state index contributed by atoms with van der Waals surface area (Å²) < 4.78 is 1.19. The van der Waals surface area contributed by atoms with Gasteiger partial charge in [-0.25, -0.2) is 0 Å². The number of halogens is 2. The van der Waals surface area contributed by atoms with Crippen molar-refractivity contribution in [3.63, 3.8) is 0 Å². The molecule has 0 radical (unpaired) electrons. The Labute approximate surface area is 99.1 Å². The van der Waals surface area contributed by atoms with Crippen LogP contribution in [0.25, 0.3) is 0 Å². The van der Waals surface area contributed by atoms with Crippen molar-refractivity contribution < 1.29 is 9.90 Å².